The SMILES string of the molecule is Fc1cncc(CNC2COC2)c1. The third-order valence-electron chi connectivity index (χ3n) is 1.99. The first kappa shape index (κ1) is 8.59. The summed E-state index contributed by atoms with van der Waals surface area (Å²) < 4.78 is 17.7. The Morgan fingerprint density at radius 2 is 2.38 bits per heavy atom. The molecule has 0 radical (unpaired) electrons. The van der Waals surface area contributed by atoms with E-state index in [1.165, 1.54) is 12.3 Å². The molecule has 2 rings (SSSR count). The van der Waals surface area contributed by atoms with Gasteiger partial charge in [-0.15, -0.1) is 0 Å². The van der Waals surface area contributed by atoms with Crippen LogP contribution in [0.1, 0.15) is 5.56 Å². The number of nitrogens with zero attached hydrogens (tertiary/aromatic N) is 1. The molecule has 1 fully saturated rings. The van der Waals surface area contributed by atoms with Gasteiger partial charge >= 0.3 is 0 Å². The van der Waals surface area contributed by atoms with Gasteiger partial charge in [-0.05, 0) is 11.6 Å². The van der Waals surface area contributed by atoms with Gasteiger partial charge in [0.2, 0.25) is 0 Å². The number of ether oxygens (including phenoxy) is 1. The monoisotopic (exact) mass is 182 g/mol. The van der Waals surface area contributed by atoms with Crippen LogP contribution in [-0.2, 0) is 11.3 Å². The Kier molecular flexibility index (Phi) is 2.52. The lowest BCUT2D eigenvalue weighted by atomic mass is 10.2. The van der Waals surface area contributed by atoms with E-state index in [-0.39, 0.29) is 5.82 Å². The highest BCUT2D eigenvalue weighted by molar-refractivity contribution is 5.09. The van der Waals surface area contributed by atoms with Crippen molar-refractivity contribution >= 4 is 0 Å². The summed E-state index contributed by atoms with van der Waals surface area (Å²) in [6.45, 7) is 2.16. The first-order chi connectivity index (χ1) is 6.34. The number of aromatic nitrogens is 1. The Labute approximate surface area is 75.9 Å². The summed E-state index contributed by atoms with van der Waals surface area (Å²) in [5.41, 5.74) is 0.868. The largest absolute Gasteiger partial charge is 0.378 e. The van der Waals surface area contributed by atoms with E-state index in [9.17, 15) is 4.39 Å². The van der Waals surface area contributed by atoms with Gasteiger partial charge in [-0.3, -0.25) is 4.98 Å². The fraction of sp³-hybridized carbons (Fsp3) is 0.444. The molecule has 13 heavy (non-hydrogen) atoms. The zero-order valence-electron chi connectivity index (χ0n) is 7.16. The summed E-state index contributed by atoms with van der Waals surface area (Å²) in [6, 6.07) is 1.91. The summed E-state index contributed by atoms with van der Waals surface area (Å²) in [5.74, 6) is -0.288. The summed E-state index contributed by atoms with van der Waals surface area (Å²) in [5, 5.41) is 3.23. The molecule has 0 unspecified atom stereocenters. The molecule has 0 atom stereocenters. The van der Waals surface area contributed by atoms with Crippen LogP contribution < -0.4 is 5.32 Å². The zero-order valence-corrected chi connectivity index (χ0v) is 7.16. The molecule has 1 saturated heterocycles. The molecule has 1 aromatic rings. The van der Waals surface area contributed by atoms with Gasteiger partial charge in [0, 0.05) is 12.7 Å². The molecule has 0 spiro atoms. The van der Waals surface area contributed by atoms with E-state index in [0.29, 0.717) is 12.6 Å². The average Bonchev–Trinajstić information content (AvgIpc) is 2.01. The predicted molar refractivity (Wildman–Crippen MR) is 45.6 cm³/mol. The van der Waals surface area contributed by atoms with Gasteiger partial charge in [0.05, 0.1) is 25.5 Å². The van der Waals surface area contributed by atoms with Crippen molar-refractivity contribution in [3.63, 3.8) is 0 Å². The van der Waals surface area contributed by atoms with E-state index in [1.54, 1.807) is 6.20 Å². The van der Waals surface area contributed by atoms with Gasteiger partial charge in [0.25, 0.3) is 0 Å². The molecule has 4 heteroatoms. The van der Waals surface area contributed by atoms with E-state index >= 15 is 0 Å². The lowest BCUT2D eigenvalue weighted by Crippen LogP contribution is -2.45. The second-order valence-corrected chi connectivity index (χ2v) is 3.13. The fourth-order valence-corrected chi connectivity index (χ4v) is 1.17. The predicted octanol–water partition coefficient (Wildman–Crippen LogP) is 0.709. The minimum Gasteiger partial charge on any atom is -0.378 e. The second kappa shape index (κ2) is 3.81. The van der Waals surface area contributed by atoms with E-state index in [0.717, 1.165) is 18.8 Å². The maximum atomic E-state index is 12.7. The zero-order chi connectivity index (χ0) is 9.10. The Morgan fingerprint density at radius 3 is 3.00 bits per heavy atom. The number of halogens is 1. The number of hydrogen-bond acceptors (Lipinski definition) is 3. The number of pyridine rings is 1. The van der Waals surface area contributed by atoms with Crippen molar-refractivity contribution in [1.82, 2.24) is 10.3 Å². The van der Waals surface area contributed by atoms with Gasteiger partial charge < -0.3 is 10.1 Å². The number of nitrogens with one attached hydrogen (secondary N) is 1. The topological polar surface area (TPSA) is 34.2 Å². The van der Waals surface area contributed by atoms with Crippen LogP contribution in [0, 0.1) is 5.82 Å². The van der Waals surface area contributed by atoms with Crippen molar-refractivity contribution in [2.75, 3.05) is 13.2 Å². The fourth-order valence-electron chi connectivity index (χ4n) is 1.17. The van der Waals surface area contributed by atoms with Gasteiger partial charge in [-0.2, -0.15) is 0 Å². The van der Waals surface area contributed by atoms with E-state index in [4.69, 9.17) is 4.74 Å². The Morgan fingerprint density at radius 1 is 1.54 bits per heavy atom. The average molecular weight is 182 g/mol. The minimum absolute atomic E-state index is 0.288. The Balaban J connectivity index is 1.86. The van der Waals surface area contributed by atoms with Crippen LogP contribution in [0.2, 0.25) is 0 Å². The molecule has 2 heterocycles. The number of hydrogen-bond donors (Lipinski definition) is 1. The minimum atomic E-state index is -0.288. The Bertz CT molecular complexity index is 289. The van der Waals surface area contributed by atoms with Crippen LogP contribution >= 0.6 is 0 Å². The van der Waals surface area contributed by atoms with Crippen LogP contribution in [0.5, 0.6) is 0 Å². The van der Waals surface area contributed by atoms with Gasteiger partial charge in [-0.25, -0.2) is 4.39 Å². The summed E-state index contributed by atoms with van der Waals surface area (Å²) in [4.78, 5) is 3.76. The molecule has 0 saturated carbocycles. The van der Waals surface area contributed by atoms with Crippen molar-refractivity contribution < 1.29 is 9.13 Å². The first-order valence-corrected chi connectivity index (χ1v) is 4.25. The van der Waals surface area contributed by atoms with Crippen molar-refractivity contribution in [1.29, 1.82) is 0 Å². The molecule has 1 N–H and O–H groups in total. The molecule has 0 aromatic carbocycles. The van der Waals surface area contributed by atoms with Gasteiger partial charge in [-0.1, -0.05) is 0 Å². The van der Waals surface area contributed by atoms with Crippen molar-refractivity contribution in [3.05, 3.63) is 29.8 Å². The lowest BCUT2D eigenvalue weighted by molar-refractivity contribution is -0.00580. The molecule has 3 nitrogen and oxygen atoms in total. The highest BCUT2D eigenvalue weighted by atomic mass is 19.1. The molecule has 0 amide bonds. The standard InChI is InChI=1S/C9H11FN2O/c10-8-1-7(2-11-4-8)3-12-9-5-13-6-9/h1-2,4,9,12H,3,5-6H2. The first-order valence-electron chi connectivity index (χ1n) is 4.25. The molecule has 70 valence electrons. The van der Waals surface area contributed by atoms with Crippen molar-refractivity contribution in [2.45, 2.75) is 12.6 Å². The quantitative estimate of drug-likeness (QED) is 0.747. The van der Waals surface area contributed by atoms with Crippen LogP contribution in [0.4, 0.5) is 4.39 Å². The molecule has 1 aliphatic rings. The third-order valence-corrected chi connectivity index (χ3v) is 1.99. The second-order valence-electron chi connectivity index (χ2n) is 3.13. The summed E-state index contributed by atoms with van der Waals surface area (Å²) in [7, 11) is 0. The lowest BCUT2D eigenvalue weighted by Gasteiger charge is -2.26. The molecule has 0 bridgehead atoms. The maximum Gasteiger partial charge on any atom is 0.141 e. The maximum absolute atomic E-state index is 12.7. The molecule has 1 aliphatic heterocycles. The molecule has 1 aromatic heterocycles. The third kappa shape index (κ3) is 2.23. The van der Waals surface area contributed by atoms with Crippen LogP contribution in [0.3, 0.4) is 0 Å². The Hall–Kier alpha value is -1.00. The molecular formula is C9H11FN2O. The van der Waals surface area contributed by atoms with E-state index < -0.39 is 0 Å². The van der Waals surface area contributed by atoms with Crippen LogP contribution in [-0.4, -0.2) is 24.2 Å². The van der Waals surface area contributed by atoms with Crippen LogP contribution in [0.15, 0.2) is 18.5 Å². The highest BCUT2D eigenvalue weighted by Gasteiger charge is 2.16. The van der Waals surface area contributed by atoms with E-state index in [2.05, 4.69) is 10.3 Å². The smallest absolute Gasteiger partial charge is 0.141 e. The van der Waals surface area contributed by atoms with Crippen molar-refractivity contribution in [2.24, 2.45) is 0 Å². The number of rotatable bonds is 3. The summed E-state index contributed by atoms with van der Waals surface area (Å²) in [6.07, 6.45) is 2.87. The van der Waals surface area contributed by atoms with E-state index in [1.807, 2.05) is 0 Å². The normalized spacial score (nSPS) is 17.0. The molecular weight excluding hydrogens is 171 g/mol. The molecule has 0 aliphatic carbocycles. The van der Waals surface area contributed by atoms with Crippen molar-refractivity contribution in [3.8, 4) is 0 Å². The summed E-state index contributed by atoms with van der Waals surface area (Å²) >= 11 is 0. The van der Waals surface area contributed by atoms with Gasteiger partial charge in [0.1, 0.15) is 5.82 Å². The van der Waals surface area contributed by atoms with Crippen LogP contribution in [0.25, 0.3) is 0 Å². The highest BCUT2D eigenvalue weighted by Crippen LogP contribution is 2.04. The van der Waals surface area contributed by atoms with Gasteiger partial charge in [0.15, 0.2) is 0 Å².